The first-order chi connectivity index (χ1) is 17.9. The highest BCUT2D eigenvalue weighted by atomic mass is 16.5. The Kier molecular flexibility index (Phi) is 6.98. The van der Waals surface area contributed by atoms with Gasteiger partial charge in [0.05, 0.1) is 18.3 Å². The number of nitriles is 1. The van der Waals surface area contributed by atoms with E-state index in [0.29, 0.717) is 37.1 Å². The van der Waals surface area contributed by atoms with E-state index in [2.05, 4.69) is 44.7 Å². The maximum Gasteiger partial charge on any atom is 0.254 e. The molecule has 5 rings (SSSR count). The lowest BCUT2D eigenvalue weighted by atomic mass is 9.87. The molecule has 1 fully saturated rings. The van der Waals surface area contributed by atoms with E-state index < -0.39 is 0 Å². The Balaban J connectivity index is 1.51. The molecule has 0 N–H and O–H groups in total. The number of rotatable bonds is 7. The maximum absolute atomic E-state index is 14.0. The molecule has 0 spiro atoms. The second-order valence-electron chi connectivity index (χ2n) is 10.0. The van der Waals surface area contributed by atoms with Gasteiger partial charge in [0, 0.05) is 49.4 Å². The highest BCUT2D eigenvalue weighted by molar-refractivity contribution is 5.97. The van der Waals surface area contributed by atoms with E-state index in [1.165, 1.54) is 17.5 Å². The number of carbonyl (C=O) groups is 1. The second kappa shape index (κ2) is 10.3. The monoisotopic (exact) mass is 498 g/mol. The van der Waals surface area contributed by atoms with Crippen LogP contribution in [0.2, 0.25) is 0 Å². The molecule has 3 aromatic rings. The molecule has 0 unspecified atom stereocenters. The first kappa shape index (κ1) is 25.0. The van der Waals surface area contributed by atoms with Gasteiger partial charge in [-0.1, -0.05) is 6.07 Å². The minimum Gasteiger partial charge on any atom is -0.492 e. The van der Waals surface area contributed by atoms with Crippen molar-refractivity contribution in [3.63, 3.8) is 0 Å². The molecule has 2 atom stereocenters. The van der Waals surface area contributed by atoms with Gasteiger partial charge in [-0.15, -0.1) is 0 Å². The number of hydrogen-bond donors (Lipinski definition) is 0. The van der Waals surface area contributed by atoms with E-state index in [1.54, 1.807) is 12.3 Å². The predicted octanol–water partition coefficient (Wildman–Crippen LogP) is 4.43. The molecule has 0 saturated carbocycles. The zero-order valence-corrected chi connectivity index (χ0v) is 22.1. The zero-order valence-electron chi connectivity index (χ0n) is 22.1. The molecule has 1 saturated heterocycles. The Morgan fingerprint density at radius 2 is 2.08 bits per heavy atom. The van der Waals surface area contributed by atoms with Crippen molar-refractivity contribution < 1.29 is 9.53 Å². The van der Waals surface area contributed by atoms with Crippen LogP contribution >= 0.6 is 0 Å². The summed E-state index contributed by atoms with van der Waals surface area (Å²) in [6.07, 6.45) is 8.43. The standard InChI is InChI=1S/C29H34N6O2/c1-5-37-28-15-26(32-17-22(28)16-30)19(2)35-11-8-23-24(27-7-6-10-33(27)4)13-21(14-25(23)29(35)36)18-34-12-9-31-20(34)3/h9,12-15,17,19,27H,5-8,10-11,18H2,1-4H3/t19-,27-/m0/s1. The van der Waals surface area contributed by atoms with Crippen molar-refractivity contribution in [3.8, 4) is 11.8 Å². The minimum atomic E-state index is -0.246. The molecule has 0 radical (unpaired) electrons. The maximum atomic E-state index is 14.0. The highest BCUT2D eigenvalue weighted by Crippen LogP contribution is 2.38. The largest absolute Gasteiger partial charge is 0.492 e. The van der Waals surface area contributed by atoms with Crippen LogP contribution in [0.25, 0.3) is 0 Å². The number of imidazole rings is 1. The summed E-state index contributed by atoms with van der Waals surface area (Å²) in [6, 6.07) is 8.41. The van der Waals surface area contributed by atoms with Gasteiger partial charge in [-0.05, 0) is 76.4 Å². The first-order valence-corrected chi connectivity index (χ1v) is 13.1. The Morgan fingerprint density at radius 3 is 2.76 bits per heavy atom. The fourth-order valence-corrected chi connectivity index (χ4v) is 5.74. The van der Waals surface area contributed by atoms with Gasteiger partial charge in [-0.3, -0.25) is 14.7 Å². The summed E-state index contributed by atoms with van der Waals surface area (Å²) in [5, 5.41) is 9.40. The van der Waals surface area contributed by atoms with E-state index in [1.807, 2.05) is 38.1 Å². The number of aromatic nitrogens is 3. The van der Waals surface area contributed by atoms with E-state index in [0.717, 1.165) is 42.0 Å². The number of benzene rings is 1. The topological polar surface area (TPSA) is 87.3 Å². The quantitative estimate of drug-likeness (QED) is 0.479. The Bertz CT molecular complexity index is 1360. The number of amides is 1. The summed E-state index contributed by atoms with van der Waals surface area (Å²) in [6.45, 7) is 8.73. The normalized spacial score (nSPS) is 18.5. The van der Waals surface area contributed by atoms with E-state index in [-0.39, 0.29) is 11.9 Å². The fourth-order valence-electron chi connectivity index (χ4n) is 5.74. The van der Waals surface area contributed by atoms with Gasteiger partial charge in [0.15, 0.2) is 0 Å². The Hall–Kier alpha value is -3.70. The molecule has 1 aromatic carbocycles. The van der Waals surface area contributed by atoms with Gasteiger partial charge in [0.2, 0.25) is 0 Å². The van der Waals surface area contributed by atoms with E-state index in [9.17, 15) is 10.1 Å². The van der Waals surface area contributed by atoms with E-state index in [4.69, 9.17) is 4.74 Å². The number of pyridine rings is 1. The summed E-state index contributed by atoms with van der Waals surface area (Å²) in [5.41, 5.74) is 5.51. The summed E-state index contributed by atoms with van der Waals surface area (Å²) in [7, 11) is 2.18. The molecule has 1 amide bonds. The third kappa shape index (κ3) is 4.72. The van der Waals surface area contributed by atoms with Gasteiger partial charge in [0.25, 0.3) is 5.91 Å². The van der Waals surface area contributed by atoms with Crippen LogP contribution in [0.5, 0.6) is 5.75 Å². The average Bonchev–Trinajstić information content (AvgIpc) is 3.51. The number of nitrogens with zero attached hydrogens (tertiary/aromatic N) is 6. The second-order valence-corrected chi connectivity index (χ2v) is 10.0. The molecule has 192 valence electrons. The van der Waals surface area contributed by atoms with Crippen LogP contribution < -0.4 is 4.74 Å². The minimum absolute atomic E-state index is 0.0315. The van der Waals surface area contributed by atoms with Crippen LogP contribution in [0.4, 0.5) is 0 Å². The van der Waals surface area contributed by atoms with Crippen molar-refractivity contribution in [2.24, 2.45) is 0 Å². The molecule has 4 heterocycles. The third-order valence-corrected chi connectivity index (χ3v) is 7.80. The average molecular weight is 499 g/mol. The van der Waals surface area contributed by atoms with Crippen molar-refractivity contribution in [1.82, 2.24) is 24.3 Å². The third-order valence-electron chi connectivity index (χ3n) is 7.80. The summed E-state index contributed by atoms with van der Waals surface area (Å²) in [5.74, 6) is 1.50. The van der Waals surface area contributed by atoms with Crippen molar-refractivity contribution in [1.29, 1.82) is 5.26 Å². The number of ether oxygens (including phenoxy) is 1. The van der Waals surface area contributed by atoms with Gasteiger partial charge >= 0.3 is 0 Å². The predicted molar refractivity (Wildman–Crippen MR) is 140 cm³/mol. The number of likely N-dealkylation sites (tertiary alicyclic amines) is 1. The fraction of sp³-hybridized carbons (Fsp3) is 0.448. The number of fused-ring (bicyclic) bond motifs is 1. The van der Waals surface area contributed by atoms with Crippen molar-refractivity contribution in [2.75, 3.05) is 26.7 Å². The van der Waals surface area contributed by atoms with Crippen LogP contribution in [-0.4, -0.2) is 57.0 Å². The molecular formula is C29H34N6O2. The van der Waals surface area contributed by atoms with Crippen LogP contribution in [-0.2, 0) is 13.0 Å². The lowest BCUT2D eigenvalue weighted by Crippen LogP contribution is -2.40. The van der Waals surface area contributed by atoms with Gasteiger partial charge in [-0.25, -0.2) is 4.98 Å². The Labute approximate surface area is 218 Å². The van der Waals surface area contributed by atoms with Crippen LogP contribution in [0.15, 0.2) is 36.8 Å². The van der Waals surface area contributed by atoms with Crippen molar-refractivity contribution >= 4 is 5.91 Å². The molecule has 0 aliphatic carbocycles. The van der Waals surface area contributed by atoms with E-state index >= 15 is 0 Å². The van der Waals surface area contributed by atoms with Crippen molar-refractivity contribution in [2.45, 2.75) is 58.7 Å². The first-order valence-electron chi connectivity index (χ1n) is 13.1. The summed E-state index contributed by atoms with van der Waals surface area (Å²) < 4.78 is 7.79. The number of aryl methyl sites for hydroxylation is 1. The molecule has 2 aromatic heterocycles. The summed E-state index contributed by atoms with van der Waals surface area (Å²) in [4.78, 5) is 27.2. The number of hydrogen-bond acceptors (Lipinski definition) is 6. The molecule has 0 bridgehead atoms. The van der Waals surface area contributed by atoms with Crippen LogP contribution in [0.1, 0.15) is 82.9 Å². The van der Waals surface area contributed by atoms with Crippen LogP contribution in [0.3, 0.4) is 0 Å². The molecule has 8 heteroatoms. The number of carbonyl (C=O) groups excluding carboxylic acids is 1. The van der Waals surface area contributed by atoms with Gasteiger partial charge < -0.3 is 14.2 Å². The van der Waals surface area contributed by atoms with Crippen LogP contribution in [0, 0.1) is 18.3 Å². The van der Waals surface area contributed by atoms with Gasteiger partial charge in [0.1, 0.15) is 23.2 Å². The van der Waals surface area contributed by atoms with Gasteiger partial charge in [-0.2, -0.15) is 5.26 Å². The molecule has 2 aliphatic heterocycles. The zero-order chi connectivity index (χ0) is 26.1. The molecule has 8 nitrogen and oxygen atoms in total. The molecule has 2 aliphatic rings. The van der Waals surface area contributed by atoms with Crippen molar-refractivity contribution in [3.05, 3.63) is 76.1 Å². The lowest BCUT2D eigenvalue weighted by Gasteiger charge is -2.36. The smallest absolute Gasteiger partial charge is 0.254 e. The Morgan fingerprint density at radius 1 is 1.24 bits per heavy atom. The lowest BCUT2D eigenvalue weighted by molar-refractivity contribution is 0.0667. The highest BCUT2D eigenvalue weighted by Gasteiger charge is 2.34. The summed E-state index contributed by atoms with van der Waals surface area (Å²) >= 11 is 0. The molecule has 37 heavy (non-hydrogen) atoms. The molecular weight excluding hydrogens is 464 g/mol. The SMILES string of the molecule is CCOc1cc([C@H](C)N2CCc3c(cc(Cn4ccnc4C)cc3[C@@H]3CCCN3C)C2=O)ncc1C#N.